The summed E-state index contributed by atoms with van der Waals surface area (Å²) in [4.78, 5) is 23.4. The van der Waals surface area contributed by atoms with E-state index in [-0.39, 0.29) is 11.3 Å². The number of imidazole rings is 1. The summed E-state index contributed by atoms with van der Waals surface area (Å²) in [5, 5.41) is 0. The third kappa shape index (κ3) is 2.53. The second-order valence-corrected chi connectivity index (χ2v) is 7.39. The SMILES string of the molecule is O=C(Cc1ccco1)N1CC[C@]2(Cc3ncc(-c4cccnc4)n3C2)C1. The summed E-state index contributed by atoms with van der Waals surface area (Å²) < 4.78 is 7.62. The maximum Gasteiger partial charge on any atom is 0.230 e. The maximum atomic E-state index is 12.6. The molecule has 0 aromatic carbocycles. The van der Waals surface area contributed by atoms with E-state index < -0.39 is 0 Å². The van der Waals surface area contributed by atoms with Crippen LogP contribution in [-0.4, -0.2) is 38.4 Å². The highest BCUT2D eigenvalue weighted by Gasteiger charge is 2.45. The first-order valence-corrected chi connectivity index (χ1v) is 8.97. The number of carbonyl (C=O) groups is 1. The molecule has 0 bridgehead atoms. The van der Waals surface area contributed by atoms with Crippen molar-refractivity contribution in [3.05, 3.63) is 60.7 Å². The average molecular weight is 348 g/mol. The zero-order valence-electron chi connectivity index (χ0n) is 14.5. The van der Waals surface area contributed by atoms with Crippen molar-refractivity contribution < 1.29 is 9.21 Å². The van der Waals surface area contributed by atoms with Crippen LogP contribution in [0.2, 0.25) is 0 Å². The molecule has 5 heterocycles. The van der Waals surface area contributed by atoms with Crippen molar-refractivity contribution in [3.63, 3.8) is 0 Å². The number of pyridine rings is 1. The molecule has 3 aromatic rings. The lowest BCUT2D eigenvalue weighted by atomic mass is 9.86. The fourth-order valence-corrected chi connectivity index (χ4v) is 4.30. The molecule has 1 atom stereocenters. The Bertz CT molecular complexity index is 932. The van der Waals surface area contributed by atoms with E-state index in [1.807, 2.05) is 35.5 Å². The summed E-state index contributed by atoms with van der Waals surface area (Å²) in [6, 6.07) is 7.69. The van der Waals surface area contributed by atoms with Crippen molar-refractivity contribution >= 4 is 5.91 Å². The van der Waals surface area contributed by atoms with Gasteiger partial charge in [-0.25, -0.2) is 4.98 Å². The van der Waals surface area contributed by atoms with Crippen LogP contribution in [0.3, 0.4) is 0 Å². The number of amides is 1. The van der Waals surface area contributed by atoms with Gasteiger partial charge in [0.05, 0.1) is 24.6 Å². The molecule has 1 spiro atoms. The summed E-state index contributed by atoms with van der Waals surface area (Å²) in [6.07, 6.45) is 9.51. The molecule has 132 valence electrons. The topological polar surface area (TPSA) is 64.2 Å². The molecule has 0 radical (unpaired) electrons. The summed E-state index contributed by atoms with van der Waals surface area (Å²) in [6.45, 7) is 2.52. The normalized spacial score (nSPS) is 21.5. The van der Waals surface area contributed by atoms with E-state index in [1.165, 1.54) is 0 Å². The third-order valence-electron chi connectivity index (χ3n) is 5.62. The van der Waals surface area contributed by atoms with E-state index in [2.05, 4.69) is 20.6 Å². The number of hydrogen-bond donors (Lipinski definition) is 0. The number of hydrogen-bond acceptors (Lipinski definition) is 4. The smallest absolute Gasteiger partial charge is 0.230 e. The van der Waals surface area contributed by atoms with Gasteiger partial charge in [0.2, 0.25) is 5.91 Å². The van der Waals surface area contributed by atoms with Crippen LogP contribution in [0.1, 0.15) is 18.0 Å². The molecule has 1 fully saturated rings. The summed E-state index contributed by atoms with van der Waals surface area (Å²) >= 11 is 0. The predicted octanol–water partition coefficient (Wildman–Crippen LogP) is 2.56. The van der Waals surface area contributed by atoms with Crippen LogP contribution in [-0.2, 0) is 24.2 Å². The maximum absolute atomic E-state index is 12.6. The highest BCUT2D eigenvalue weighted by Crippen LogP contribution is 2.42. The summed E-state index contributed by atoms with van der Waals surface area (Å²) in [5.74, 6) is 1.99. The molecule has 0 N–H and O–H groups in total. The van der Waals surface area contributed by atoms with Gasteiger partial charge in [0.25, 0.3) is 0 Å². The standard InChI is InChI=1S/C20H20N4O2/c25-19(9-16-4-2-8-26-16)23-7-5-20(13-23)10-18-22-12-17(24(18)14-20)15-3-1-6-21-11-15/h1-4,6,8,11-12H,5,7,9-10,13-14H2/t20-/m0/s1. The van der Waals surface area contributed by atoms with E-state index >= 15 is 0 Å². The Morgan fingerprint density at radius 1 is 1.23 bits per heavy atom. The van der Waals surface area contributed by atoms with Gasteiger partial charge in [-0.1, -0.05) is 0 Å². The molecule has 3 aromatic heterocycles. The first-order valence-electron chi connectivity index (χ1n) is 8.97. The molecule has 1 saturated heterocycles. The van der Waals surface area contributed by atoms with E-state index in [1.54, 1.807) is 12.5 Å². The Morgan fingerprint density at radius 2 is 2.19 bits per heavy atom. The molecule has 2 aliphatic heterocycles. The molecule has 0 aliphatic carbocycles. The van der Waals surface area contributed by atoms with E-state index in [4.69, 9.17) is 4.42 Å². The van der Waals surface area contributed by atoms with Gasteiger partial charge >= 0.3 is 0 Å². The van der Waals surface area contributed by atoms with Gasteiger partial charge in [0, 0.05) is 49.4 Å². The molecular formula is C20H20N4O2. The minimum absolute atomic E-state index is 0.110. The van der Waals surface area contributed by atoms with Gasteiger partial charge < -0.3 is 13.9 Å². The summed E-state index contributed by atoms with van der Waals surface area (Å²) in [7, 11) is 0. The van der Waals surface area contributed by atoms with E-state index in [0.717, 1.165) is 55.3 Å². The number of furan rings is 1. The van der Waals surface area contributed by atoms with Gasteiger partial charge in [0.1, 0.15) is 11.6 Å². The first kappa shape index (κ1) is 15.4. The minimum atomic E-state index is 0.110. The Balaban J connectivity index is 1.33. The molecule has 6 nitrogen and oxygen atoms in total. The molecule has 5 rings (SSSR count). The largest absolute Gasteiger partial charge is 0.469 e. The zero-order chi connectivity index (χ0) is 17.6. The first-order chi connectivity index (χ1) is 12.7. The van der Waals surface area contributed by atoms with Crippen molar-refractivity contribution in [1.82, 2.24) is 19.4 Å². The molecule has 6 heteroatoms. The molecule has 0 saturated carbocycles. The monoisotopic (exact) mass is 348 g/mol. The molecule has 1 amide bonds. The van der Waals surface area contributed by atoms with Crippen LogP contribution < -0.4 is 0 Å². The second-order valence-electron chi connectivity index (χ2n) is 7.39. The van der Waals surface area contributed by atoms with Crippen molar-refractivity contribution in [2.45, 2.75) is 25.8 Å². The highest BCUT2D eigenvalue weighted by molar-refractivity contribution is 5.78. The van der Waals surface area contributed by atoms with Crippen LogP contribution in [0, 0.1) is 5.41 Å². The predicted molar refractivity (Wildman–Crippen MR) is 95.2 cm³/mol. The van der Waals surface area contributed by atoms with Crippen molar-refractivity contribution in [1.29, 1.82) is 0 Å². The Hall–Kier alpha value is -2.89. The van der Waals surface area contributed by atoms with Crippen LogP contribution >= 0.6 is 0 Å². The lowest BCUT2D eigenvalue weighted by Crippen LogP contribution is -2.34. The molecule has 2 aliphatic rings. The Labute approximate surface area is 151 Å². The van der Waals surface area contributed by atoms with E-state index in [9.17, 15) is 4.79 Å². The van der Waals surface area contributed by atoms with Crippen molar-refractivity contribution in [2.75, 3.05) is 13.1 Å². The van der Waals surface area contributed by atoms with Gasteiger partial charge in [-0.2, -0.15) is 0 Å². The average Bonchev–Trinajstić information content (AvgIpc) is 3.42. The van der Waals surface area contributed by atoms with Crippen molar-refractivity contribution in [3.8, 4) is 11.3 Å². The number of aromatic nitrogens is 3. The number of nitrogens with zero attached hydrogens (tertiary/aromatic N) is 4. The lowest BCUT2D eigenvalue weighted by molar-refractivity contribution is -0.130. The molecule has 0 unspecified atom stereocenters. The zero-order valence-corrected chi connectivity index (χ0v) is 14.5. The van der Waals surface area contributed by atoms with Crippen LogP contribution in [0.5, 0.6) is 0 Å². The molecular weight excluding hydrogens is 328 g/mol. The van der Waals surface area contributed by atoms with Gasteiger partial charge in [-0.15, -0.1) is 0 Å². The van der Waals surface area contributed by atoms with Crippen LogP contribution in [0.25, 0.3) is 11.3 Å². The van der Waals surface area contributed by atoms with Gasteiger partial charge in [-0.05, 0) is 30.7 Å². The van der Waals surface area contributed by atoms with Crippen molar-refractivity contribution in [2.24, 2.45) is 5.41 Å². The number of rotatable bonds is 3. The fourth-order valence-electron chi connectivity index (χ4n) is 4.30. The van der Waals surface area contributed by atoms with Gasteiger partial charge in [-0.3, -0.25) is 9.78 Å². The van der Waals surface area contributed by atoms with Crippen LogP contribution in [0.15, 0.2) is 53.5 Å². The Kier molecular flexibility index (Phi) is 3.45. The fraction of sp³-hybridized carbons (Fsp3) is 0.350. The number of likely N-dealkylation sites (tertiary alicyclic amines) is 1. The summed E-state index contributed by atoms with van der Waals surface area (Å²) in [5.41, 5.74) is 2.32. The highest BCUT2D eigenvalue weighted by atomic mass is 16.3. The Morgan fingerprint density at radius 3 is 3.00 bits per heavy atom. The van der Waals surface area contributed by atoms with Crippen LogP contribution in [0.4, 0.5) is 0 Å². The number of fused-ring (bicyclic) bond motifs is 1. The lowest BCUT2D eigenvalue weighted by Gasteiger charge is -2.23. The molecule has 26 heavy (non-hydrogen) atoms. The number of carbonyl (C=O) groups excluding carboxylic acids is 1. The minimum Gasteiger partial charge on any atom is -0.469 e. The van der Waals surface area contributed by atoms with E-state index in [0.29, 0.717) is 6.42 Å². The third-order valence-corrected chi connectivity index (χ3v) is 5.62. The quantitative estimate of drug-likeness (QED) is 0.730. The second kappa shape index (κ2) is 5.83. The van der Waals surface area contributed by atoms with Gasteiger partial charge in [0.15, 0.2) is 0 Å².